The number of carbonyl (C=O) groups excluding carboxylic acids is 2. The highest BCUT2D eigenvalue weighted by molar-refractivity contribution is 6.46. The van der Waals surface area contributed by atoms with Gasteiger partial charge in [0.1, 0.15) is 11.4 Å². The molecule has 5 rings (SSSR count). The number of aromatic amines is 1. The Labute approximate surface area is 247 Å². The Morgan fingerprint density at radius 2 is 1.88 bits per heavy atom. The van der Waals surface area contributed by atoms with Crippen LogP contribution in [-0.2, 0) is 11.3 Å². The predicted octanol–water partition coefficient (Wildman–Crippen LogP) is 4.66. The summed E-state index contributed by atoms with van der Waals surface area (Å²) in [6.07, 6.45) is 10.2. The number of H-pyrrole nitrogens is 1. The van der Waals surface area contributed by atoms with Crippen LogP contribution < -0.4 is 5.32 Å². The van der Waals surface area contributed by atoms with Gasteiger partial charge in [-0.3, -0.25) is 19.6 Å². The van der Waals surface area contributed by atoms with Gasteiger partial charge in [-0.2, -0.15) is 5.21 Å². The number of hydrogen-bond acceptors (Lipinski definition) is 8. The minimum absolute atomic E-state index is 0.0765. The summed E-state index contributed by atoms with van der Waals surface area (Å²) >= 11 is 0. The summed E-state index contributed by atoms with van der Waals surface area (Å²) in [6.45, 7) is 11.4. The van der Waals surface area contributed by atoms with E-state index >= 15 is 0 Å². The van der Waals surface area contributed by atoms with Gasteiger partial charge in [0.15, 0.2) is 11.5 Å². The van der Waals surface area contributed by atoms with Crippen molar-refractivity contribution in [1.82, 2.24) is 40.8 Å². The highest BCUT2D eigenvalue weighted by Crippen LogP contribution is 2.48. The van der Waals surface area contributed by atoms with Gasteiger partial charge in [-0.05, 0) is 73.5 Å². The van der Waals surface area contributed by atoms with E-state index in [0.29, 0.717) is 34.6 Å². The molecule has 2 aliphatic rings. The van der Waals surface area contributed by atoms with Crippen molar-refractivity contribution < 1.29 is 9.59 Å². The topological polar surface area (TPSA) is 142 Å². The van der Waals surface area contributed by atoms with Gasteiger partial charge >= 0.3 is 0 Å². The molecule has 3 heterocycles. The van der Waals surface area contributed by atoms with Gasteiger partial charge in [-0.25, -0.2) is 4.99 Å². The van der Waals surface area contributed by atoms with Crippen molar-refractivity contribution in [2.45, 2.75) is 91.4 Å². The molecule has 11 heteroatoms. The van der Waals surface area contributed by atoms with E-state index in [1.165, 1.54) is 0 Å². The fraction of sp³-hybridized carbons (Fsp3) is 0.548. The van der Waals surface area contributed by atoms with Crippen molar-refractivity contribution in [2.75, 3.05) is 0 Å². The van der Waals surface area contributed by atoms with Crippen LogP contribution in [0.25, 0.3) is 0 Å². The second kappa shape index (κ2) is 12.1. The molecule has 1 aliphatic heterocycles. The molecule has 42 heavy (non-hydrogen) atoms. The number of hydrogen-bond donors (Lipinski definition) is 2. The Morgan fingerprint density at radius 3 is 2.48 bits per heavy atom. The van der Waals surface area contributed by atoms with Crippen LogP contribution in [0.4, 0.5) is 0 Å². The number of benzene rings is 1. The largest absolute Gasteiger partial charge is 0.345 e. The number of rotatable bonds is 9. The molecule has 1 aliphatic carbocycles. The maximum Gasteiger partial charge on any atom is 0.276 e. The van der Waals surface area contributed by atoms with E-state index in [2.05, 4.69) is 70.5 Å². The molecule has 1 saturated carbocycles. The number of aliphatic imine (C=N–C) groups is 1. The zero-order chi connectivity index (χ0) is 29.9. The molecular weight excluding hydrogens is 530 g/mol. The normalized spacial score (nSPS) is 21.6. The van der Waals surface area contributed by atoms with Gasteiger partial charge in [0.2, 0.25) is 0 Å². The Hall–Kier alpha value is -4.02. The molecule has 11 nitrogen and oxygen atoms in total. The van der Waals surface area contributed by atoms with Gasteiger partial charge in [0, 0.05) is 18.0 Å². The first kappa shape index (κ1) is 29.5. The van der Waals surface area contributed by atoms with E-state index in [1.54, 1.807) is 18.6 Å². The molecule has 0 bridgehead atoms. The Balaban J connectivity index is 1.47. The van der Waals surface area contributed by atoms with Crippen LogP contribution in [0.3, 0.4) is 0 Å². The highest BCUT2D eigenvalue weighted by Gasteiger charge is 2.52. The van der Waals surface area contributed by atoms with Gasteiger partial charge in [-0.15, -0.1) is 10.2 Å². The average molecular weight is 572 g/mol. The molecule has 2 aromatic heterocycles. The van der Waals surface area contributed by atoms with E-state index in [4.69, 9.17) is 4.99 Å². The smallest absolute Gasteiger partial charge is 0.276 e. The van der Waals surface area contributed by atoms with E-state index in [1.807, 2.05) is 29.2 Å². The number of aromatic nitrogens is 6. The van der Waals surface area contributed by atoms with Gasteiger partial charge in [0.05, 0.1) is 18.8 Å². The predicted molar refractivity (Wildman–Crippen MR) is 158 cm³/mol. The van der Waals surface area contributed by atoms with Crippen molar-refractivity contribution in [1.29, 1.82) is 0 Å². The summed E-state index contributed by atoms with van der Waals surface area (Å²) in [5.41, 5.74) is 1.87. The molecule has 1 atom stereocenters. The molecule has 2 amide bonds. The minimum Gasteiger partial charge on any atom is -0.345 e. The molecule has 1 fully saturated rings. The maximum atomic E-state index is 14.4. The van der Waals surface area contributed by atoms with E-state index in [-0.39, 0.29) is 29.8 Å². The summed E-state index contributed by atoms with van der Waals surface area (Å²) in [7, 11) is 0. The summed E-state index contributed by atoms with van der Waals surface area (Å²) in [6, 6.07) is 7.37. The van der Waals surface area contributed by atoms with Crippen molar-refractivity contribution in [3.05, 3.63) is 65.5 Å². The number of tetrazole rings is 1. The average Bonchev–Trinajstić information content (AvgIpc) is 3.59. The molecule has 3 aromatic rings. The van der Waals surface area contributed by atoms with Gasteiger partial charge in [0.25, 0.3) is 11.8 Å². The Kier molecular flexibility index (Phi) is 8.47. The molecule has 1 aromatic carbocycles. The van der Waals surface area contributed by atoms with Crippen molar-refractivity contribution in [3.8, 4) is 0 Å². The second-order valence-corrected chi connectivity index (χ2v) is 13.0. The van der Waals surface area contributed by atoms with Crippen LogP contribution in [0.5, 0.6) is 0 Å². The number of nitrogens with one attached hydrogen (secondary N) is 2. The molecule has 0 saturated heterocycles. The lowest BCUT2D eigenvalue weighted by atomic mass is 9.75. The quantitative estimate of drug-likeness (QED) is 0.380. The van der Waals surface area contributed by atoms with E-state index in [9.17, 15) is 9.59 Å². The zero-order valence-corrected chi connectivity index (χ0v) is 25.2. The monoisotopic (exact) mass is 571 g/mol. The molecule has 0 unspecified atom stereocenters. The van der Waals surface area contributed by atoms with Crippen LogP contribution >= 0.6 is 0 Å². The first-order valence-corrected chi connectivity index (χ1v) is 14.9. The summed E-state index contributed by atoms with van der Waals surface area (Å²) in [5.74, 6) is 1.28. The van der Waals surface area contributed by atoms with Crippen LogP contribution in [0.1, 0.15) is 107 Å². The van der Waals surface area contributed by atoms with Crippen LogP contribution in [-0.4, -0.2) is 58.7 Å². The van der Waals surface area contributed by atoms with Crippen LogP contribution in [0.15, 0.2) is 47.8 Å². The summed E-state index contributed by atoms with van der Waals surface area (Å²) in [5, 5.41) is 16.5. The lowest BCUT2D eigenvalue weighted by Gasteiger charge is -2.46. The lowest BCUT2D eigenvalue weighted by molar-refractivity contribution is -0.133. The molecular formula is C31H41N9O2. The first-order chi connectivity index (χ1) is 20.1. The Bertz CT molecular complexity index is 1390. The third-order valence-electron chi connectivity index (χ3n) is 8.60. The number of nitrogens with zero attached hydrogens (tertiary/aromatic N) is 7. The number of amides is 2. The highest BCUT2D eigenvalue weighted by atomic mass is 16.2. The van der Waals surface area contributed by atoms with Crippen molar-refractivity contribution in [2.24, 2.45) is 22.2 Å². The zero-order valence-electron chi connectivity index (χ0n) is 25.2. The SMILES string of the molecule is CC(C)C1CCC2(CC1)N=C(c1cnccn1)C(=O)N2[C@H](CCC(C)(C)C)c1ccc(C(=O)NCc2nn[nH]n2)cc1. The fourth-order valence-electron chi connectivity index (χ4n) is 6.14. The molecule has 2 N–H and O–H groups in total. The fourth-order valence-corrected chi connectivity index (χ4v) is 6.14. The number of carbonyl (C=O) groups is 2. The maximum absolute atomic E-state index is 14.4. The standard InChI is InChI=1S/C31H41N9O2/c1-20(2)21-10-14-31(15-11-21)35-27(24-18-32-16-17-33-24)29(42)40(31)25(12-13-30(3,4)5)22-6-8-23(9-7-22)28(41)34-19-26-36-38-39-37-26/h6-9,16-18,20-21,25H,10-15,19H2,1-5H3,(H,34,41)(H,36,37,38,39)/t21?,25-,31?/m1/s1. The van der Waals surface area contributed by atoms with Crippen LogP contribution in [0.2, 0.25) is 0 Å². The third-order valence-corrected chi connectivity index (χ3v) is 8.60. The minimum atomic E-state index is -0.626. The summed E-state index contributed by atoms with van der Waals surface area (Å²) in [4.78, 5) is 43.1. The summed E-state index contributed by atoms with van der Waals surface area (Å²) < 4.78 is 0. The first-order valence-electron chi connectivity index (χ1n) is 14.9. The van der Waals surface area contributed by atoms with E-state index < -0.39 is 5.66 Å². The van der Waals surface area contributed by atoms with Gasteiger partial charge < -0.3 is 10.2 Å². The molecule has 222 valence electrons. The van der Waals surface area contributed by atoms with E-state index in [0.717, 1.165) is 44.1 Å². The molecule has 1 spiro atoms. The third kappa shape index (κ3) is 6.39. The molecule has 0 radical (unpaired) electrons. The lowest BCUT2D eigenvalue weighted by Crippen LogP contribution is -2.51. The van der Waals surface area contributed by atoms with Crippen molar-refractivity contribution >= 4 is 17.5 Å². The van der Waals surface area contributed by atoms with Crippen LogP contribution in [0, 0.1) is 17.3 Å². The second-order valence-electron chi connectivity index (χ2n) is 13.0. The van der Waals surface area contributed by atoms with Gasteiger partial charge in [-0.1, -0.05) is 52.0 Å². The van der Waals surface area contributed by atoms with Crippen molar-refractivity contribution in [3.63, 3.8) is 0 Å². The Morgan fingerprint density at radius 1 is 1.14 bits per heavy atom.